The predicted octanol–water partition coefficient (Wildman–Crippen LogP) is 4.27. The van der Waals surface area contributed by atoms with E-state index in [2.05, 4.69) is 15.2 Å². The van der Waals surface area contributed by atoms with Crippen molar-refractivity contribution in [3.8, 4) is 17.2 Å². The van der Waals surface area contributed by atoms with E-state index in [9.17, 15) is 4.79 Å². The minimum absolute atomic E-state index is 0.163. The fourth-order valence-corrected chi connectivity index (χ4v) is 4.82. The maximum absolute atomic E-state index is 14.1. The van der Waals surface area contributed by atoms with Crippen LogP contribution in [0, 0.1) is 6.92 Å². The number of rotatable bonds is 5. The SMILES string of the molecule is COc1cc(C(=O)N2CCCC2(C)c2nc3c(C)c(Cl)ccc3[nH]2)c(-n2nccn2)cc1OC. The van der Waals surface area contributed by atoms with Gasteiger partial charge in [0.05, 0.1) is 48.7 Å². The molecule has 1 aliphatic rings. The molecule has 10 heteroatoms. The second-order valence-electron chi connectivity index (χ2n) is 8.53. The average Bonchev–Trinajstić information content (AvgIpc) is 3.60. The van der Waals surface area contributed by atoms with Crippen LogP contribution in [-0.4, -0.2) is 56.5 Å². The molecule has 1 unspecified atom stereocenters. The quantitative estimate of drug-likeness (QED) is 0.458. The smallest absolute Gasteiger partial charge is 0.257 e. The molecular formula is C24H25ClN6O3. The molecule has 0 radical (unpaired) electrons. The Morgan fingerprint density at radius 1 is 1.15 bits per heavy atom. The van der Waals surface area contributed by atoms with Gasteiger partial charge in [0, 0.05) is 17.6 Å². The van der Waals surface area contributed by atoms with Gasteiger partial charge in [-0.15, -0.1) is 0 Å². The van der Waals surface area contributed by atoms with Gasteiger partial charge in [-0.25, -0.2) is 4.98 Å². The van der Waals surface area contributed by atoms with E-state index < -0.39 is 5.54 Å². The van der Waals surface area contributed by atoms with Crippen molar-refractivity contribution in [2.24, 2.45) is 0 Å². The van der Waals surface area contributed by atoms with E-state index in [1.165, 1.54) is 4.80 Å². The van der Waals surface area contributed by atoms with E-state index >= 15 is 0 Å². The number of ether oxygens (including phenoxy) is 2. The minimum atomic E-state index is -0.628. The van der Waals surface area contributed by atoms with Crippen LogP contribution in [0.5, 0.6) is 11.5 Å². The van der Waals surface area contributed by atoms with Gasteiger partial charge in [0.15, 0.2) is 11.5 Å². The Morgan fingerprint density at radius 2 is 1.85 bits per heavy atom. The Balaban J connectivity index is 1.62. The summed E-state index contributed by atoms with van der Waals surface area (Å²) in [6.07, 6.45) is 4.75. The Hall–Kier alpha value is -3.59. The number of methoxy groups -OCH3 is 2. The van der Waals surface area contributed by atoms with Crippen LogP contribution in [0.4, 0.5) is 0 Å². The highest BCUT2D eigenvalue weighted by Crippen LogP contribution is 2.41. The molecule has 0 aliphatic carbocycles. The van der Waals surface area contributed by atoms with Crippen molar-refractivity contribution in [1.29, 1.82) is 0 Å². The second-order valence-corrected chi connectivity index (χ2v) is 8.94. The Labute approximate surface area is 201 Å². The zero-order valence-corrected chi connectivity index (χ0v) is 20.2. The number of hydrogen-bond acceptors (Lipinski definition) is 6. The first-order valence-corrected chi connectivity index (χ1v) is 11.3. The van der Waals surface area contributed by atoms with Crippen LogP contribution in [0.3, 0.4) is 0 Å². The maximum atomic E-state index is 14.1. The average molecular weight is 481 g/mol. The van der Waals surface area contributed by atoms with Gasteiger partial charge in [0.25, 0.3) is 5.91 Å². The largest absolute Gasteiger partial charge is 0.493 e. The third-order valence-electron chi connectivity index (χ3n) is 6.60. The number of nitrogens with zero attached hydrogens (tertiary/aromatic N) is 5. The van der Waals surface area contributed by atoms with Crippen molar-refractivity contribution in [1.82, 2.24) is 29.9 Å². The first-order valence-electron chi connectivity index (χ1n) is 11.0. The van der Waals surface area contributed by atoms with Crippen LogP contribution in [0.15, 0.2) is 36.7 Å². The second kappa shape index (κ2) is 8.32. The molecule has 1 N–H and O–H groups in total. The lowest BCUT2D eigenvalue weighted by Gasteiger charge is -2.34. The predicted molar refractivity (Wildman–Crippen MR) is 128 cm³/mol. The van der Waals surface area contributed by atoms with Crippen molar-refractivity contribution in [2.45, 2.75) is 32.2 Å². The molecule has 4 aromatic rings. The molecule has 34 heavy (non-hydrogen) atoms. The van der Waals surface area contributed by atoms with E-state index in [4.69, 9.17) is 26.1 Å². The normalized spacial score (nSPS) is 18.0. The van der Waals surface area contributed by atoms with Crippen molar-refractivity contribution in [2.75, 3.05) is 20.8 Å². The number of carbonyl (C=O) groups excluding carboxylic acids is 1. The van der Waals surface area contributed by atoms with Crippen LogP contribution < -0.4 is 9.47 Å². The summed E-state index contributed by atoms with van der Waals surface area (Å²) in [5, 5.41) is 9.14. The zero-order chi connectivity index (χ0) is 24.0. The summed E-state index contributed by atoms with van der Waals surface area (Å²) in [5.41, 5.74) is 2.91. The molecule has 0 spiro atoms. The number of halogens is 1. The fourth-order valence-electron chi connectivity index (χ4n) is 4.67. The number of amides is 1. The van der Waals surface area contributed by atoms with Gasteiger partial charge in [-0.1, -0.05) is 11.6 Å². The van der Waals surface area contributed by atoms with Crippen molar-refractivity contribution in [3.05, 3.63) is 58.6 Å². The number of imidazole rings is 1. The van der Waals surface area contributed by atoms with Crippen molar-refractivity contribution < 1.29 is 14.3 Å². The van der Waals surface area contributed by atoms with Gasteiger partial charge >= 0.3 is 0 Å². The number of hydrogen-bond donors (Lipinski definition) is 1. The summed E-state index contributed by atoms with van der Waals surface area (Å²) >= 11 is 6.32. The van der Waals surface area contributed by atoms with Gasteiger partial charge < -0.3 is 19.4 Å². The van der Waals surface area contributed by atoms with Gasteiger partial charge in [-0.05, 0) is 50.5 Å². The van der Waals surface area contributed by atoms with Crippen LogP contribution >= 0.6 is 11.6 Å². The van der Waals surface area contributed by atoms with E-state index in [1.807, 2.05) is 30.9 Å². The highest BCUT2D eigenvalue weighted by molar-refractivity contribution is 6.32. The highest BCUT2D eigenvalue weighted by atomic mass is 35.5. The minimum Gasteiger partial charge on any atom is -0.493 e. The summed E-state index contributed by atoms with van der Waals surface area (Å²) in [6, 6.07) is 7.17. The van der Waals surface area contributed by atoms with Crippen LogP contribution in [0.2, 0.25) is 5.02 Å². The molecule has 1 aliphatic heterocycles. The molecule has 0 saturated carbocycles. The van der Waals surface area contributed by atoms with E-state index in [0.29, 0.717) is 34.3 Å². The Kier molecular flexibility index (Phi) is 5.44. The number of carbonyl (C=O) groups is 1. The summed E-state index contributed by atoms with van der Waals surface area (Å²) in [6.45, 7) is 4.58. The number of H-pyrrole nitrogens is 1. The topological polar surface area (TPSA) is 98.2 Å². The summed E-state index contributed by atoms with van der Waals surface area (Å²) in [4.78, 5) is 25.6. The maximum Gasteiger partial charge on any atom is 0.257 e. The number of aromatic amines is 1. The molecule has 1 atom stereocenters. The lowest BCUT2D eigenvalue weighted by molar-refractivity contribution is 0.0605. The van der Waals surface area contributed by atoms with E-state index in [0.717, 1.165) is 35.3 Å². The number of aromatic nitrogens is 5. The third kappa shape index (κ3) is 3.38. The lowest BCUT2D eigenvalue weighted by atomic mass is 9.97. The lowest BCUT2D eigenvalue weighted by Crippen LogP contribution is -2.44. The number of fused-ring (bicyclic) bond motifs is 1. The zero-order valence-electron chi connectivity index (χ0n) is 19.4. The van der Waals surface area contributed by atoms with E-state index in [1.54, 1.807) is 38.7 Å². The van der Waals surface area contributed by atoms with Crippen LogP contribution in [0.1, 0.15) is 41.5 Å². The first kappa shape index (κ1) is 22.2. The molecular weight excluding hydrogens is 456 g/mol. The van der Waals surface area contributed by atoms with Crippen LogP contribution in [0.25, 0.3) is 16.7 Å². The highest BCUT2D eigenvalue weighted by Gasteiger charge is 2.44. The summed E-state index contributed by atoms with van der Waals surface area (Å²) in [5.74, 6) is 1.51. The summed E-state index contributed by atoms with van der Waals surface area (Å²) in [7, 11) is 3.09. The summed E-state index contributed by atoms with van der Waals surface area (Å²) < 4.78 is 10.9. The molecule has 0 bridgehead atoms. The molecule has 1 fully saturated rings. The van der Waals surface area contributed by atoms with Crippen molar-refractivity contribution in [3.63, 3.8) is 0 Å². The van der Waals surface area contributed by atoms with Crippen LogP contribution in [-0.2, 0) is 5.54 Å². The standard InChI is InChI=1S/C24H25ClN6O3/c1-14-16(25)6-7-17-21(14)29-23(28-17)24(2)8-5-11-30(24)22(32)15-12-19(33-3)20(34-4)13-18(15)31-26-9-10-27-31/h6-7,9-10,12-13H,5,8,11H2,1-4H3,(H,28,29). The van der Waals surface area contributed by atoms with E-state index in [-0.39, 0.29) is 5.91 Å². The van der Waals surface area contributed by atoms with Gasteiger partial charge in [-0.3, -0.25) is 4.79 Å². The van der Waals surface area contributed by atoms with Crippen molar-refractivity contribution >= 4 is 28.5 Å². The molecule has 5 rings (SSSR count). The Bertz CT molecular complexity index is 1380. The number of nitrogens with one attached hydrogen (secondary N) is 1. The first-order chi connectivity index (χ1) is 16.4. The molecule has 2 aromatic heterocycles. The number of aryl methyl sites for hydroxylation is 1. The molecule has 9 nitrogen and oxygen atoms in total. The molecule has 1 amide bonds. The molecule has 2 aromatic carbocycles. The molecule has 3 heterocycles. The third-order valence-corrected chi connectivity index (χ3v) is 7.01. The van der Waals surface area contributed by atoms with Gasteiger partial charge in [0.2, 0.25) is 0 Å². The Morgan fingerprint density at radius 3 is 2.56 bits per heavy atom. The van der Waals surface area contributed by atoms with Gasteiger partial charge in [-0.2, -0.15) is 15.0 Å². The monoisotopic (exact) mass is 480 g/mol. The van der Waals surface area contributed by atoms with Gasteiger partial charge in [0.1, 0.15) is 11.5 Å². The molecule has 1 saturated heterocycles. The number of likely N-dealkylation sites (tertiary alicyclic amines) is 1. The molecule has 176 valence electrons. The number of benzene rings is 2. The fraction of sp³-hybridized carbons (Fsp3) is 0.333.